The zero-order valence-corrected chi connectivity index (χ0v) is 17.4. The highest BCUT2D eigenvalue weighted by Crippen LogP contribution is 2.23. The molecule has 1 saturated carbocycles. The van der Waals surface area contributed by atoms with Crippen LogP contribution in [0.15, 0.2) is 24.3 Å². The fraction of sp³-hybridized carbons (Fsp3) is 0.632. The van der Waals surface area contributed by atoms with Crippen molar-refractivity contribution in [2.24, 2.45) is 5.73 Å². The maximum absolute atomic E-state index is 12.0. The number of hydrogen-bond acceptors (Lipinski definition) is 4. The normalized spacial score (nSPS) is 15.7. The van der Waals surface area contributed by atoms with Crippen LogP contribution >= 0.6 is 24.8 Å². The number of nitrogens with one attached hydrogen (secondary N) is 1. The molecular weight excluding hydrogens is 373 g/mol. The first-order valence-electron chi connectivity index (χ1n) is 8.91. The lowest BCUT2D eigenvalue weighted by molar-refractivity contribution is -0.123. The van der Waals surface area contributed by atoms with E-state index < -0.39 is 6.04 Å². The molecule has 0 bridgehead atoms. The number of rotatable bonds is 8. The molecule has 1 aromatic carbocycles. The first-order chi connectivity index (χ1) is 11.6. The van der Waals surface area contributed by atoms with Crippen LogP contribution in [-0.2, 0) is 22.6 Å². The van der Waals surface area contributed by atoms with Gasteiger partial charge in [0.2, 0.25) is 5.91 Å². The molecule has 0 saturated heterocycles. The highest BCUT2D eigenvalue weighted by Gasteiger charge is 2.19. The summed E-state index contributed by atoms with van der Waals surface area (Å²) in [6.07, 6.45) is 6.63. The molecule has 1 fully saturated rings. The molecular formula is C19H33Cl2N3O2. The van der Waals surface area contributed by atoms with Crippen LogP contribution in [0.3, 0.4) is 0 Å². The second kappa shape index (κ2) is 13.3. The van der Waals surface area contributed by atoms with E-state index in [1.807, 2.05) is 6.07 Å². The summed E-state index contributed by atoms with van der Waals surface area (Å²) in [4.78, 5) is 14.4. The SMILES string of the molecule is COCC(N)C(=O)NCc1ccccc1CN(C)C1CCCCC1.Cl.Cl. The number of hydrogen-bond donors (Lipinski definition) is 2. The molecule has 2 rings (SSSR count). The van der Waals surface area contributed by atoms with E-state index in [4.69, 9.17) is 10.5 Å². The van der Waals surface area contributed by atoms with Crippen LogP contribution in [0, 0.1) is 0 Å². The second-order valence-corrected chi connectivity index (χ2v) is 6.76. The van der Waals surface area contributed by atoms with Crippen molar-refractivity contribution < 1.29 is 9.53 Å². The average Bonchev–Trinajstić information content (AvgIpc) is 2.61. The first kappa shape index (κ1) is 25.1. The molecule has 1 amide bonds. The van der Waals surface area contributed by atoms with E-state index in [-0.39, 0.29) is 37.3 Å². The van der Waals surface area contributed by atoms with Crippen LogP contribution in [0.4, 0.5) is 0 Å². The van der Waals surface area contributed by atoms with Crippen LogP contribution in [0.25, 0.3) is 0 Å². The van der Waals surface area contributed by atoms with Crippen molar-refractivity contribution in [1.82, 2.24) is 10.2 Å². The molecule has 1 aliphatic rings. The van der Waals surface area contributed by atoms with Crippen molar-refractivity contribution in [3.63, 3.8) is 0 Å². The summed E-state index contributed by atoms with van der Waals surface area (Å²) >= 11 is 0. The fourth-order valence-corrected chi connectivity index (χ4v) is 3.37. The van der Waals surface area contributed by atoms with Gasteiger partial charge in [0.15, 0.2) is 0 Å². The standard InChI is InChI=1S/C19H31N3O2.2ClH/c1-22(17-10-4-3-5-11-17)13-16-9-7-6-8-15(16)12-21-19(23)18(20)14-24-2;;/h6-9,17-18H,3-5,10-14,20H2,1-2H3,(H,21,23);2*1H. The lowest BCUT2D eigenvalue weighted by atomic mass is 9.94. The predicted octanol–water partition coefficient (Wildman–Crippen LogP) is 2.88. The van der Waals surface area contributed by atoms with Crippen molar-refractivity contribution >= 4 is 30.7 Å². The molecule has 0 spiro atoms. The molecule has 1 atom stereocenters. The number of amides is 1. The van der Waals surface area contributed by atoms with Crippen LogP contribution in [-0.4, -0.2) is 43.7 Å². The molecule has 0 aromatic heterocycles. The van der Waals surface area contributed by atoms with Gasteiger partial charge in [-0.15, -0.1) is 24.8 Å². The number of nitrogens with zero attached hydrogens (tertiary/aromatic N) is 1. The summed E-state index contributed by atoms with van der Waals surface area (Å²) < 4.78 is 4.93. The van der Waals surface area contributed by atoms with Gasteiger partial charge < -0.3 is 15.8 Å². The van der Waals surface area contributed by atoms with Crippen LogP contribution in [0.5, 0.6) is 0 Å². The van der Waals surface area contributed by atoms with Crippen molar-refractivity contribution in [1.29, 1.82) is 0 Å². The van der Waals surface area contributed by atoms with Crippen LogP contribution in [0.2, 0.25) is 0 Å². The Morgan fingerprint density at radius 3 is 2.46 bits per heavy atom. The smallest absolute Gasteiger partial charge is 0.239 e. The molecule has 3 N–H and O–H groups in total. The van der Waals surface area contributed by atoms with Gasteiger partial charge in [0.25, 0.3) is 0 Å². The molecule has 1 aromatic rings. The molecule has 5 nitrogen and oxygen atoms in total. The topological polar surface area (TPSA) is 67.6 Å². The summed E-state index contributed by atoms with van der Waals surface area (Å²) in [5, 5.41) is 2.91. The Morgan fingerprint density at radius 2 is 1.85 bits per heavy atom. The maximum Gasteiger partial charge on any atom is 0.239 e. The van der Waals surface area contributed by atoms with Gasteiger partial charge in [0.05, 0.1) is 6.61 Å². The Labute approximate surface area is 169 Å². The number of carbonyl (C=O) groups excluding carboxylic acids is 1. The van der Waals surface area contributed by atoms with Gasteiger partial charge in [0.1, 0.15) is 6.04 Å². The van der Waals surface area contributed by atoms with Crippen molar-refractivity contribution in [3.05, 3.63) is 35.4 Å². The quantitative estimate of drug-likeness (QED) is 0.697. The molecule has 26 heavy (non-hydrogen) atoms. The summed E-state index contributed by atoms with van der Waals surface area (Å²) in [7, 11) is 3.75. The van der Waals surface area contributed by atoms with Gasteiger partial charge in [-0.25, -0.2) is 0 Å². The molecule has 7 heteroatoms. The van der Waals surface area contributed by atoms with Gasteiger partial charge in [0, 0.05) is 26.2 Å². The van der Waals surface area contributed by atoms with Crippen molar-refractivity contribution in [2.75, 3.05) is 20.8 Å². The van der Waals surface area contributed by atoms with Crippen LogP contribution < -0.4 is 11.1 Å². The molecule has 0 radical (unpaired) electrons. The number of carbonyl (C=O) groups is 1. The minimum Gasteiger partial charge on any atom is -0.383 e. The average molecular weight is 406 g/mol. The van der Waals surface area contributed by atoms with E-state index in [0.29, 0.717) is 12.6 Å². The lowest BCUT2D eigenvalue weighted by Gasteiger charge is -2.31. The van der Waals surface area contributed by atoms with E-state index in [2.05, 4.69) is 35.5 Å². The van der Waals surface area contributed by atoms with Gasteiger partial charge in [-0.05, 0) is 31.0 Å². The summed E-state index contributed by atoms with van der Waals surface area (Å²) in [5.74, 6) is -0.174. The number of methoxy groups -OCH3 is 1. The Morgan fingerprint density at radius 1 is 1.23 bits per heavy atom. The molecule has 150 valence electrons. The number of halogens is 2. The number of ether oxygens (including phenoxy) is 1. The zero-order chi connectivity index (χ0) is 17.4. The molecule has 0 heterocycles. The summed E-state index contributed by atoms with van der Waals surface area (Å²) in [6, 6.07) is 8.36. The zero-order valence-electron chi connectivity index (χ0n) is 15.8. The fourth-order valence-electron chi connectivity index (χ4n) is 3.37. The van der Waals surface area contributed by atoms with Crippen molar-refractivity contribution in [3.8, 4) is 0 Å². The van der Waals surface area contributed by atoms with Crippen molar-refractivity contribution in [2.45, 2.75) is 57.3 Å². The highest BCUT2D eigenvalue weighted by atomic mass is 35.5. The lowest BCUT2D eigenvalue weighted by Crippen LogP contribution is -2.43. The molecule has 0 aliphatic heterocycles. The molecule has 1 unspecified atom stereocenters. The monoisotopic (exact) mass is 405 g/mol. The van der Waals surface area contributed by atoms with Gasteiger partial charge in [-0.1, -0.05) is 43.5 Å². The minimum absolute atomic E-state index is 0. The maximum atomic E-state index is 12.0. The van der Waals surface area contributed by atoms with E-state index in [1.165, 1.54) is 37.7 Å². The minimum atomic E-state index is -0.618. The van der Waals surface area contributed by atoms with Crippen LogP contribution in [0.1, 0.15) is 43.2 Å². The van der Waals surface area contributed by atoms with E-state index in [9.17, 15) is 4.79 Å². The summed E-state index contributed by atoms with van der Waals surface area (Å²) in [5.41, 5.74) is 8.18. The van der Waals surface area contributed by atoms with E-state index in [1.54, 1.807) is 7.11 Å². The van der Waals surface area contributed by atoms with E-state index >= 15 is 0 Å². The Hall–Kier alpha value is -0.850. The highest BCUT2D eigenvalue weighted by molar-refractivity contribution is 5.85. The number of benzene rings is 1. The molecule has 1 aliphatic carbocycles. The third kappa shape index (κ3) is 7.80. The van der Waals surface area contributed by atoms with Gasteiger partial charge in [-0.3, -0.25) is 9.69 Å². The summed E-state index contributed by atoms with van der Waals surface area (Å²) in [6.45, 7) is 1.66. The Balaban J connectivity index is 0.00000312. The van der Waals surface area contributed by atoms with E-state index in [0.717, 1.165) is 12.1 Å². The predicted molar refractivity (Wildman–Crippen MR) is 111 cm³/mol. The largest absolute Gasteiger partial charge is 0.383 e. The third-order valence-corrected chi connectivity index (χ3v) is 4.87. The Bertz CT molecular complexity index is 525. The third-order valence-electron chi connectivity index (χ3n) is 4.87. The van der Waals surface area contributed by atoms with Gasteiger partial charge >= 0.3 is 0 Å². The first-order valence-corrected chi connectivity index (χ1v) is 8.91. The number of nitrogens with two attached hydrogens (primary N) is 1. The van der Waals surface area contributed by atoms with Gasteiger partial charge in [-0.2, -0.15) is 0 Å². The Kier molecular flexibility index (Phi) is 12.9. The second-order valence-electron chi connectivity index (χ2n) is 6.76.